The summed E-state index contributed by atoms with van der Waals surface area (Å²) in [6.07, 6.45) is 1.12. The molecule has 0 saturated heterocycles. The van der Waals surface area contributed by atoms with Crippen molar-refractivity contribution in [2.24, 2.45) is 0 Å². The SMILES string of the molecule is CC(C)NCCCN1C(=O)Cc2ccccc2C1=O. The lowest BCUT2D eigenvalue weighted by atomic mass is 9.98. The number of hydrogen-bond acceptors (Lipinski definition) is 3. The number of amides is 2. The maximum atomic E-state index is 12.2. The fourth-order valence-corrected chi connectivity index (χ4v) is 2.25. The Labute approximate surface area is 113 Å². The molecule has 1 N–H and O–H groups in total. The van der Waals surface area contributed by atoms with Crippen molar-refractivity contribution in [1.82, 2.24) is 10.2 Å². The summed E-state index contributed by atoms with van der Waals surface area (Å²) in [5.74, 6) is -0.246. The molecule has 102 valence electrons. The lowest BCUT2D eigenvalue weighted by Gasteiger charge is -2.26. The van der Waals surface area contributed by atoms with Gasteiger partial charge in [0, 0.05) is 18.2 Å². The molecule has 0 spiro atoms. The topological polar surface area (TPSA) is 49.4 Å². The third-order valence-electron chi connectivity index (χ3n) is 3.25. The van der Waals surface area contributed by atoms with Crippen LogP contribution >= 0.6 is 0 Å². The zero-order valence-corrected chi connectivity index (χ0v) is 11.5. The fourth-order valence-electron chi connectivity index (χ4n) is 2.25. The first kappa shape index (κ1) is 13.7. The number of fused-ring (bicyclic) bond motifs is 1. The minimum absolute atomic E-state index is 0.0896. The van der Waals surface area contributed by atoms with E-state index in [9.17, 15) is 9.59 Å². The largest absolute Gasteiger partial charge is 0.314 e. The van der Waals surface area contributed by atoms with Crippen LogP contribution in [0, 0.1) is 0 Å². The van der Waals surface area contributed by atoms with E-state index < -0.39 is 0 Å². The summed E-state index contributed by atoms with van der Waals surface area (Å²) in [5.41, 5.74) is 1.51. The average molecular weight is 260 g/mol. The van der Waals surface area contributed by atoms with E-state index in [-0.39, 0.29) is 11.8 Å². The molecule has 2 rings (SSSR count). The summed E-state index contributed by atoms with van der Waals surface area (Å²) < 4.78 is 0. The summed E-state index contributed by atoms with van der Waals surface area (Å²) in [4.78, 5) is 25.6. The Morgan fingerprint density at radius 1 is 1.26 bits per heavy atom. The van der Waals surface area contributed by atoms with E-state index in [1.807, 2.05) is 18.2 Å². The molecule has 0 saturated carbocycles. The molecular weight excluding hydrogens is 240 g/mol. The van der Waals surface area contributed by atoms with Gasteiger partial charge in [-0.25, -0.2) is 0 Å². The van der Waals surface area contributed by atoms with Crippen LogP contribution in [0.5, 0.6) is 0 Å². The molecule has 4 nitrogen and oxygen atoms in total. The van der Waals surface area contributed by atoms with Gasteiger partial charge in [-0.15, -0.1) is 0 Å². The first-order valence-electron chi connectivity index (χ1n) is 6.75. The normalized spacial score (nSPS) is 15.0. The first-order chi connectivity index (χ1) is 9.09. The molecule has 0 aromatic heterocycles. The summed E-state index contributed by atoms with van der Waals surface area (Å²) in [5, 5.41) is 3.28. The average Bonchev–Trinajstić information content (AvgIpc) is 2.37. The Hall–Kier alpha value is -1.68. The summed E-state index contributed by atoms with van der Waals surface area (Å²) in [6, 6.07) is 7.77. The number of nitrogens with zero attached hydrogens (tertiary/aromatic N) is 1. The molecular formula is C15H20N2O2. The van der Waals surface area contributed by atoms with Gasteiger partial charge in [-0.1, -0.05) is 32.0 Å². The highest BCUT2D eigenvalue weighted by atomic mass is 16.2. The summed E-state index contributed by atoms with van der Waals surface area (Å²) >= 11 is 0. The molecule has 0 atom stereocenters. The quantitative estimate of drug-likeness (QED) is 0.646. The minimum atomic E-state index is -0.156. The van der Waals surface area contributed by atoms with Gasteiger partial charge in [-0.2, -0.15) is 0 Å². The van der Waals surface area contributed by atoms with Gasteiger partial charge >= 0.3 is 0 Å². The second kappa shape index (κ2) is 5.97. The number of imide groups is 1. The van der Waals surface area contributed by atoms with E-state index in [0.717, 1.165) is 18.5 Å². The van der Waals surface area contributed by atoms with E-state index in [1.54, 1.807) is 6.07 Å². The van der Waals surface area contributed by atoms with Crippen molar-refractivity contribution in [3.63, 3.8) is 0 Å². The van der Waals surface area contributed by atoms with Gasteiger partial charge in [0.1, 0.15) is 0 Å². The fraction of sp³-hybridized carbons (Fsp3) is 0.467. The lowest BCUT2D eigenvalue weighted by molar-refractivity contribution is -0.128. The Balaban J connectivity index is 1.99. The second-order valence-electron chi connectivity index (χ2n) is 5.15. The van der Waals surface area contributed by atoms with Crippen molar-refractivity contribution in [1.29, 1.82) is 0 Å². The number of carbonyl (C=O) groups excluding carboxylic acids is 2. The Morgan fingerprint density at radius 2 is 2.00 bits per heavy atom. The third kappa shape index (κ3) is 3.20. The molecule has 0 fully saturated rings. The van der Waals surface area contributed by atoms with Gasteiger partial charge in [0.25, 0.3) is 5.91 Å². The molecule has 2 amide bonds. The highest BCUT2D eigenvalue weighted by molar-refractivity contribution is 6.09. The Morgan fingerprint density at radius 3 is 2.74 bits per heavy atom. The van der Waals surface area contributed by atoms with Crippen molar-refractivity contribution in [2.45, 2.75) is 32.7 Å². The number of rotatable bonds is 5. The minimum Gasteiger partial charge on any atom is -0.314 e. The second-order valence-corrected chi connectivity index (χ2v) is 5.15. The molecule has 1 aromatic carbocycles. The van der Waals surface area contributed by atoms with Crippen LogP contribution in [0.3, 0.4) is 0 Å². The highest BCUT2D eigenvalue weighted by Gasteiger charge is 2.29. The summed E-state index contributed by atoms with van der Waals surface area (Å²) in [6.45, 7) is 5.46. The van der Waals surface area contributed by atoms with Crippen LogP contribution in [0.1, 0.15) is 36.2 Å². The molecule has 0 bridgehead atoms. The van der Waals surface area contributed by atoms with Crippen molar-refractivity contribution < 1.29 is 9.59 Å². The van der Waals surface area contributed by atoms with Crippen LogP contribution in [-0.4, -0.2) is 35.8 Å². The molecule has 19 heavy (non-hydrogen) atoms. The van der Waals surface area contributed by atoms with Crippen molar-refractivity contribution >= 4 is 11.8 Å². The highest BCUT2D eigenvalue weighted by Crippen LogP contribution is 2.19. The number of nitrogens with one attached hydrogen (secondary N) is 1. The number of hydrogen-bond donors (Lipinski definition) is 1. The van der Waals surface area contributed by atoms with Gasteiger partial charge in [0.15, 0.2) is 0 Å². The van der Waals surface area contributed by atoms with Crippen LogP contribution in [-0.2, 0) is 11.2 Å². The standard InChI is InChI=1S/C15H20N2O2/c1-11(2)16-8-5-9-17-14(18)10-12-6-3-4-7-13(12)15(17)19/h3-4,6-7,11,16H,5,8-10H2,1-2H3. The molecule has 4 heteroatoms. The Bertz CT molecular complexity index is 483. The van der Waals surface area contributed by atoms with Gasteiger partial charge < -0.3 is 5.32 Å². The van der Waals surface area contributed by atoms with Crippen LogP contribution < -0.4 is 5.32 Å². The van der Waals surface area contributed by atoms with E-state index in [4.69, 9.17) is 0 Å². The van der Waals surface area contributed by atoms with Gasteiger partial charge in [-0.05, 0) is 24.6 Å². The van der Waals surface area contributed by atoms with Crippen molar-refractivity contribution in [3.8, 4) is 0 Å². The van der Waals surface area contributed by atoms with E-state index in [2.05, 4.69) is 19.2 Å². The monoisotopic (exact) mass is 260 g/mol. The maximum Gasteiger partial charge on any atom is 0.260 e. The van der Waals surface area contributed by atoms with Crippen LogP contribution in [0.25, 0.3) is 0 Å². The van der Waals surface area contributed by atoms with Gasteiger partial charge in [0.05, 0.1) is 6.42 Å². The van der Waals surface area contributed by atoms with Gasteiger partial charge in [-0.3, -0.25) is 14.5 Å². The molecule has 0 radical (unpaired) electrons. The van der Waals surface area contributed by atoms with Crippen LogP contribution in [0.15, 0.2) is 24.3 Å². The van der Waals surface area contributed by atoms with Crippen molar-refractivity contribution in [3.05, 3.63) is 35.4 Å². The molecule has 0 aliphatic carbocycles. The predicted octanol–water partition coefficient (Wildman–Crippen LogP) is 1.60. The molecule has 0 unspecified atom stereocenters. The number of carbonyl (C=O) groups is 2. The Kier molecular flexibility index (Phi) is 4.32. The van der Waals surface area contributed by atoms with Crippen LogP contribution in [0.4, 0.5) is 0 Å². The molecule has 1 aliphatic rings. The van der Waals surface area contributed by atoms with Crippen molar-refractivity contribution in [2.75, 3.05) is 13.1 Å². The van der Waals surface area contributed by atoms with E-state index >= 15 is 0 Å². The zero-order chi connectivity index (χ0) is 13.8. The van der Waals surface area contributed by atoms with Gasteiger partial charge in [0.2, 0.25) is 5.91 Å². The predicted molar refractivity (Wildman–Crippen MR) is 73.9 cm³/mol. The van der Waals surface area contributed by atoms with E-state index in [1.165, 1.54) is 4.90 Å². The molecule has 1 heterocycles. The number of benzene rings is 1. The van der Waals surface area contributed by atoms with E-state index in [0.29, 0.717) is 24.6 Å². The smallest absolute Gasteiger partial charge is 0.260 e. The first-order valence-corrected chi connectivity index (χ1v) is 6.75. The third-order valence-corrected chi connectivity index (χ3v) is 3.25. The molecule has 1 aliphatic heterocycles. The summed E-state index contributed by atoms with van der Waals surface area (Å²) in [7, 11) is 0. The molecule has 1 aromatic rings. The maximum absolute atomic E-state index is 12.2. The van der Waals surface area contributed by atoms with Crippen LogP contribution in [0.2, 0.25) is 0 Å². The lowest BCUT2D eigenvalue weighted by Crippen LogP contribution is -2.43. The zero-order valence-electron chi connectivity index (χ0n) is 11.5.